The number of nitrogens with zero attached hydrogens (tertiary/aromatic N) is 2. The number of amides is 1. The molecule has 1 atom stereocenters. The highest BCUT2D eigenvalue weighted by Gasteiger charge is 2.13. The van der Waals surface area contributed by atoms with Crippen LogP contribution in [0.25, 0.3) is 10.2 Å². The van der Waals surface area contributed by atoms with Crippen LogP contribution in [0.2, 0.25) is 0 Å². The molecule has 0 aliphatic carbocycles. The molecule has 114 valence electrons. The van der Waals surface area contributed by atoms with E-state index in [4.69, 9.17) is 0 Å². The van der Waals surface area contributed by atoms with E-state index in [-0.39, 0.29) is 11.9 Å². The van der Waals surface area contributed by atoms with Crippen molar-refractivity contribution in [3.05, 3.63) is 17.3 Å². The summed E-state index contributed by atoms with van der Waals surface area (Å²) in [7, 11) is 0. The number of thioether (sulfide) groups is 1. The molecule has 1 amide bonds. The third kappa shape index (κ3) is 4.17. The Balaban J connectivity index is 2.03. The van der Waals surface area contributed by atoms with Gasteiger partial charge in [0.05, 0.1) is 5.75 Å². The maximum absolute atomic E-state index is 12.0. The average Bonchev–Trinajstić information content (AvgIpc) is 2.88. The van der Waals surface area contributed by atoms with Crippen molar-refractivity contribution < 1.29 is 4.79 Å². The van der Waals surface area contributed by atoms with Crippen molar-refractivity contribution in [3.63, 3.8) is 0 Å². The summed E-state index contributed by atoms with van der Waals surface area (Å²) in [6, 6.07) is 2.33. The molecule has 6 heteroatoms. The van der Waals surface area contributed by atoms with Crippen molar-refractivity contribution in [3.8, 4) is 0 Å². The Kier molecular flexibility index (Phi) is 5.58. The first-order chi connectivity index (χ1) is 10.0. The molecule has 0 bridgehead atoms. The fourth-order valence-electron chi connectivity index (χ4n) is 1.77. The monoisotopic (exact) mass is 323 g/mol. The van der Waals surface area contributed by atoms with Gasteiger partial charge in [-0.25, -0.2) is 9.97 Å². The van der Waals surface area contributed by atoms with Gasteiger partial charge in [-0.05, 0) is 25.3 Å². The zero-order valence-corrected chi connectivity index (χ0v) is 14.5. The third-order valence-electron chi connectivity index (χ3n) is 3.42. The van der Waals surface area contributed by atoms with Crippen LogP contribution in [0.15, 0.2) is 17.4 Å². The summed E-state index contributed by atoms with van der Waals surface area (Å²) in [5.74, 6) is 0.883. The lowest BCUT2D eigenvalue weighted by Crippen LogP contribution is -2.37. The topological polar surface area (TPSA) is 54.9 Å². The summed E-state index contributed by atoms with van der Waals surface area (Å²) >= 11 is 3.17. The van der Waals surface area contributed by atoms with E-state index in [0.29, 0.717) is 11.7 Å². The van der Waals surface area contributed by atoms with Crippen molar-refractivity contribution in [1.82, 2.24) is 15.3 Å². The number of aryl methyl sites for hydroxylation is 1. The number of nitrogens with one attached hydrogen (secondary N) is 1. The van der Waals surface area contributed by atoms with E-state index in [2.05, 4.69) is 42.1 Å². The molecule has 0 saturated carbocycles. The fraction of sp³-hybridized carbons (Fsp3) is 0.533. The van der Waals surface area contributed by atoms with Crippen LogP contribution in [0.1, 0.15) is 32.6 Å². The van der Waals surface area contributed by atoms with Gasteiger partial charge >= 0.3 is 0 Å². The number of rotatable bonds is 6. The Labute approximate surface area is 133 Å². The van der Waals surface area contributed by atoms with Crippen molar-refractivity contribution in [1.29, 1.82) is 0 Å². The van der Waals surface area contributed by atoms with E-state index in [0.717, 1.165) is 21.7 Å². The Bertz CT molecular complexity index is 624. The normalized spacial score (nSPS) is 12.8. The minimum atomic E-state index is 0.0545. The molecular formula is C15H21N3OS2. The highest BCUT2D eigenvalue weighted by Crippen LogP contribution is 2.30. The molecule has 2 aromatic heterocycles. The zero-order chi connectivity index (χ0) is 15.4. The number of fused-ring (bicyclic) bond motifs is 1. The molecule has 0 saturated heterocycles. The second-order valence-electron chi connectivity index (χ2n) is 5.35. The minimum Gasteiger partial charge on any atom is -0.353 e. The van der Waals surface area contributed by atoms with Crippen LogP contribution < -0.4 is 5.32 Å². The quantitative estimate of drug-likeness (QED) is 0.653. The fourth-order valence-corrected chi connectivity index (χ4v) is 3.55. The van der Waals surface area contributed by atoms with Crippen LogP contribution in [0.3, 0.4) is 0 Å². The Hall–Kier alpha value is -1.14. The van der Waals surface area contributed by atoms with Crippen LogP contribution in [0.4, 0.5) is 0 Å². The first-order valence-electron chi connectivity index (χ1n) is 7.16. The summed E-state index contributed by atoms with van der Waals surface area (Å²) < 4.78 is 0. The van der Waals surface area contributed by atoms with Crippen LogP contribution in [0.5, 0.6) is 0 Å². The van der Waals surface area contributed by atoms with Crippen LogP contribution >= 0.6 is 23.1 Å². The summed E-state index contributed by atoms with van der Waals surface area (Å²) in [5, 5.41) is 4.97. The molecule has 1 N–H and O–H groups in total. The molecule has 2 aromatic rings. The molecule has 0 aromatic carbocycles. The lowest BCUT2D eigenvalue weighted by molar-refractivity contribution is -0.119. The molecule has 0 fully saturated rings. The van der Waals surface area contributed by atoms with E-state index in [1.807, 2.05) is 6.92 Å². The highest BCUT2D eigenvalue weighted by molar-refractivity contribution is 8.00. The number of thiophene rings is 1. The first kappa shape index (κ1) is 16.2. The Morgan fingerprint density at radius 3 is 2.81 bits per heavy atom. The van der Waals surface area contributed by atoms with Gasteiger partial charge in [0, 0.05) is 16.3 Å². The number of hydrogen-bond donors (Lipinski definition) is 1. The zero-order valence-electron chi connectivity index (χ0n) is 12.8. The van der Waals surface area contributed by atoms with Gasteiger partial charge in [0.1, 0.15) is 16.2 Å². The van der Waals surface area contributed by atoms with Gasteiger partial charge in [0.15, 0.2) is 0 Å². The van der Waals surface area contributed by atoms with Gasteiger partial charge in [-0.1, -0.05) is 32.5 Å². The van der Waals surface area contributed by atoms with E-state index in [1.165, 1.54) is 16.6 Å². The van der Waals surface area contributed by atoms with Crippen molar-refractivity contribution in [2.24, 2.45) is 5.92 Å². The molecule has 0 aliphatic heterocycles. The van der Waals surface area contributed by atoms with Crippen LogP contribution in [-0.2, 0) is 11.2 Å². The van der Waals surface area contributed by atoms with Gasteiger partial charge in [-0.15, -0.1) is 11.3 Å². The number of carbonyl (C=O) groups is 1. The molecule has 1 unspecified atom stereocenters. The summed E-state index contributed by atoms with van der Waals surface area (Å²) in [6.07, 6.45) is 2.58. The van der Waals surface area contributed by atoms with Crippen LogP contribution in [-0.4, -0.2) is 27.7 Å². The van der Waals surface area contributed by atoms with Crippen molar-refractivity contribution in [2.45, 2.75) is 45.2 Å². The largest absolute Gasteiger partial charge is 0.353 e. The van der Waals surface area contributed by atoms with E-state index in [1.54, 1.807) is 17.7 Å². The van der Waals surface area contributed by atoms with Crippen molar-refractivity contribution >= 4 is 39.2 Å². The summed E-state index contributed by atoms with van der Waals surface area (Å²) in [5.41, 5.74) is 0. The van der Waals surface area contributed by atoms with E-state index in [9.17, 15) is 4.79 Å². The first-order valence-corrected chi connectivity index (χ1v) is 8.97. The highest BCUT2D eigenvalue weighted by atomic mass is 32.2. The lowest BCUT2D eigenvalue weighted by atomic mass is 10.1. The van der Waals surface area contributed by atoms with Crippen LogP contribution in [0, 0.1) is 5.92 Å². The maximum atomic E-state index is 12.0. The number of aromatic nitrogens is 2. The van der Waals surface area contributed by atoms with Gasteiger partial charge in [0.2, 0.25) is 5.91 Å². The standard InChI is InChI=1S/C15H21N3OS2/c1-5-11-6-12-14(16-8-17-15(12)21-11)20-7-13(19)18-10(4)9(2)3/h6,8-10H,5,7H2,1-4H3,(H,18,19). The number of hydrogen-bond acceptors (Lipinski definition) is 5. The van der Waals surface area contributed by atoms with Gasteiger partial charge in [0.25, 0.3) is 0 Å². The Morgan fingerprint density at radius 1 is 1.38 bits per heavy atom. The average molecular weight is 323 g/mol. The molecule has 0 aliphatic rings. The third-order valence-corrected chi connectivity index (χ3v) is 5.61. The SMILES string of the molecule is CCc1cc2c(SCC(=O)NC(C)C(C)C)ncnc2s1. The van der Waals surface area contributed by atoms with E-state index < -0.39 is 0 Å². The second-order valence-corrected chi connectivity index (χ2v) is 7.43. The molecule has 21 heavy (non-hydrogen) atoms. The molecule has 0 radical (unpaired) electrons. The molecular weight excluding hydrogens is 302 g/mol. The van der Waals surface area contributed by atoms with Gasteiger partial charge in [-0.3, -0.25) is 4.79 Å². The predicted molar refractivity (Wildman–Crippen MR) is 90.0 cm³/mol. The maximum Gasteiger partial charge on any atom is 0.230 e. The molecule has 2 rings (SSSR count). The number of carbonyl (C=O) groups excluding carboxylic acids is 1. The Morgan fingerprint density at radius 2 is 2.14 bits per heavy atom. The van der Waals surface area contributed by atoms with Crippen molar-refractivity contribution in [2.75, 3.05) is 5.75 Å². The minimum absolute atomic E-state index is 0.0545. The lowest BCUT2D eigenvalue weighted by Gasteiger charge is -2.17. The predicted octanol–water partition coefficient (Wildman–Crippen LogP) is 3.51. The smallest absolute Gasteiger partial charge is 0.230 e. The molecule has 2 heterocycles. The van der Waals surface area contributed by atoms with E-state index >= 15 is 0 Å². The summed E-state index contributed by atoms with van der Waals surface area (Å²) in [4.78, 5) is 22.9. The van der Waals surface area contributed by atoms with Gasteiger partial charge in [-0.2, -0.15) is 0 Å². The second kappa shape index (κ2) is 7.22. The molecule has 0 spiro atoms. The summed E-state index contributed by atoms with van der Waals surface area (Å²) in [6.45, 7) is 8.36. The van der Waals surface area contributed by atoms with Gasteiger partial charge < -0.3 is 5.32 Å². The molecule has 4 nitrogen and oxygen atoms in total.